The molecule has 0 atom stereocenters. The Labute approximate surface area is 86.1 Å². The van der Waals surface area contributed by atoms with E-state index in [0.717, 1.165) is 17.4 Å². The molecule has 0 spiro atoms. The van der Waals surface area contributed by atoms with Crippen LogP contribution in [0, 0.1) is 5.92 Å². The summed E-state index contributed by atoms with van der Waals surface area (Å²) >= 11 is 0. The smallest absolute Gasteiger partial charge is 0.310 e. The van der Waals surface area contributed by atoms with Gasteiger partial charge in [-0.3, -0.25) is 14.3 Å². The van der Waals surface area contributed by atoms with Crippen LogP contribution in [-0.4, -0.2) is 9.55 Å². The van der Waals surface area contributed by atoms with Gasteiger partial charge >= 0.3 is 5.69 Å². The van der Waals surface area contributed by atoms with Gasteiger partial charge in [-0.25, -0.2) is 10.6 Å². The first kappa shape index (κ1) is 9.97. The minimum absolute atomic E-state index is 0.265. The lowest BCUT2D eigenvalue weighted by atomic mass is 10.1. The molecular weight excluding hydrogens is 196 g/mol. The lowest BCUT2D eigenvalue weighted by Crippen LogP contribution is -2.37. The molecule has 1 aliphatic carbocycles. The summed E-state index contributed by atoms with van der Waals surface area (Å²) in [5.74, 6) is 6.17. The Bertz CT molecular complexity index is 484. The Morgan fingerprint density at radius 1 is 1.53 bits per heavy atom. The maximum absolute atomic E-state index is 11.8. The number of nitrogens with two attached hydrogens (primary N) is 1. The summed E-state index contributed by atoms with van der Waals surface area (Å²) in [7, 11) is 1.46. The number of nitrogens with zero attached hydrogens (tertiary/aromatic N) is 1. The lowest BCUT2D eigenvalue weighted by molar-refractivity contribution is 0.728. The van der Waals surface area contributed by atoms with E-state index in [4.69, 9.17) is 5.84 Å². The van der Waals surface area contributed by atoms with Crippen molar-refractivity contribution in [2.45, 2.75) is 19.3 Å². The Morgan fingerprint density at radius 2 is 2.20 bits per heavy atom. The molecule has 0 aliphatic heterocycles. The number of anilines is 1. The van der Waals surface area contributed by atoms with E-state index in [1.807, 2.05) is 0 Å². The van der Waals surface area contributed by atoms with Crippen LogP contribution in [-0.2, 0) is 13.5 Å². The molecule has 0 aromatic carbocycles. The van der Waals surface area contributed by atoms with E-state index in [1.165, 1.54) is 7.05 Å². The highest BCUT2D eigenvalue weighted by Gasteiger charge is 2.25. The van der Waals surface area contributed by atoms with E-state index in [-0.39, 0.29) is 5.56 Å². The SMILES string of the molecule is Cn1c(=O)[nH]c(NN)c(CC2CC2)c1=O. The fourth-order valence-corrected chi connectivity index (χ4v) is 1.59. The number of rotatable bonds is 3. The van der Waals surface area contributed by atoms with Gasteiger partial charge < -0.3 is 5.43 Å². The highest BCUT2D eigenvalue weighted by atomic mass is 16.2. The molecule has 1 fully saturated rings. The standard InChI is InChI=1S/C9H14N4O2/c1-13-8(14)6(4-5-2-3-5)7(12-10)11-9(13)15/h5,12H,2-4,10H2,1H3,(H,11,15). The molecule has 82 valence electrons. The van der Waals surface area contributed by atoms with E-state index < -0.39 is 5.69 Å². The highest BCUT2D eigenvalue weighted by molar-refractivity contribution is 5.41. The van der Waals surface area contributed by atoms with Gasteiger partial charge in [-0.1, -0.05) is 0 Å². The van der Waals surface area contributed by atoms with Crippen molar-refractivity contribution < 1.29 is 0 Å². The molecule has 4 N–H and O–H groups in total. The van der Waals surface area contributed by atoms with Crippen LogP contribution in [0.25, 0.3) is 0 Å². The molecule has 0 bridgehead atoms. The summed E-state index contributed by atoms with van der Waals surface area (Å²) < 4.78 is 1.07. The van der Waals surface area contributed by atoms with E-state index in [9.17, 15) is 9.59 Å². The van der Waals surface area contributed by atoms with Crippen molar-refractivity contribution in [2.24, 2.45) is 18.8 Å². The second-order valence-electron chi connectivity index (χ2n) is 3.94. The zero-order valence-corrected chi connectivity index (χ0v) is 8.54. The van der Waals surface area contributed by atoms with Crippen molar-refractivity contribution in [1.82, 2.24) is 9.55 Å². The first-order chi connectivity index (χ1) is 7.13. The Hall–Kier alpha value is -1.56. The van der Waals surface area contributed by atoms with Gasteiger partial charge in [-0.2, -0.15) is 0 Å². The van der Waals surface area contributed by atoms with Crippen molar-refractivity contribution in [3.8, 4) is 0 Å². The third-order valence-corrected chi connectivity index (χ3v) is 2.74. The summed E-state index contributed by atoms with van der Waals surface area (Å²) in [6.45, 7) is 0. The monoisotopic (exact) mass is 210 g/mol. The second kappa shape index (κ2) is 3.54. The number of H-pyrrole nitrogens is 1. The second-order valence-corrected chi connectivity index (χ2v) is 3.94. The molecular formula is C9H14N4O2. The summed E-state index contributed by atoms with van der Waals surface area (Å²) in [6.07, 6.45) is 2.97. The van der Waals surface area contributed by atoms with E-state index in [0.29, 0.717) is 23.7 Å². The fraction of sp³-hybridized carbons (Fsp3) is 0.556. The van der Waals surface area contributed by atoms with Crippen molar-refractivity contribution >= 4 is 5.82 Å². The molecule has 6 heteroatoms. The Kier molecular flexibility index (Phi) is 2.36. The Morgan fingerprint density at radius 3 is 2.73 bits per heavy atom. The molecule has 1 aromatic heterocycles. The van der Waals surface area contributed by atoms with Crippen LogP contribution >= 0.6 is 0 Å². The van der Waals surface area contributed by atoms with Crippen LogP contribution in [0.2, 0.25) is 0 Å². The summed E-state index contributed by atoms with van der Waals surface area (Å²) in [6, 6.07) is 0. The van der Waals surface area contributed by atoms with Gasteiger partial charge in [-0.15, -0.1) is 0 Å². The quantitative estimate of drug-likeness (QED) is 0.455. The average molecular weight is 210 g/mol. The average Bonchev–Trinajstić information content (AvgIpc) is 3.02. The van der Waals surface area contributed by atoms with Gasteiger partial charge in [0, 0.05) is 7.05 Å². The number of aromatic amines is 1. The highest BCUT2D eigenvalue weighted by Crippen LogP contribution is 2.32. The van der Waals surface area contributed by atoms with Crippen LogP contribution < -0.4 is 22.5 Å². The van der Waals surface area contributed by atoms with E-state index >= 15 is 0 Å². The molecule has 6 nitrogen and oxygen atoms in total. The van der Waals surface area contributed by atoms with Gasteiger partial charge in [0.1, 0.15) is 5.82 Å². The molecule has 1 aromatic rings. The third kappa shape index (κ3) is 1.80. The van der Waals surface area contributed by atoms with Crippen LogP contribution in [0.3, 0.4) is 0 Å². The maximum atomic E-state index is 11.8. The maximum Gasteiger partial charge on any atom is 0.329 e. The number of nitrogen functional groups attached to an aromatic ring is 1. The molecule has 1 heterocycles. The summed E-state index contributed by atoms with van der Waals surface area (Å²) in [5.41, 5.74) is 2.22. The van der Waals surface area contributed by atoms with E-state index in [2.05, 4.69) is 10.4 Å². The molecule has 0 saturated heterocycles. The number of nitrogens with one attached hydrogen (secondary N) is 2. The van der Waals surface area contributed by atoms with Gasteiger partial charge in [0.25, 0.3) is 5.56 Å². The van der Waals surface area contributed by atoms with Gasteiger partial charge in [0.15, 0.2) is 0 Å². The summed E-state index contributed by atoms with van der Waals surface area (Å²) in [4.78, 5) is 25.6. The van der Waals surface area contributed by atoms with Gasteiger partial charge in [-0.05, 0) is 25.2 Å². The number of hydrazine groups is 1. The molecule has 0 amide bonds. The first-order valence-electron chi connectivity index (χ1n) is 4.92. The van der Waals surface area contributed by atoms with E-state index in [1.54, 1.807) is 0 Å². The zero-order chi connectivity index (χ0) is 11.0. The Balaban J connectivity index is 2.53. The van der Waals surface area contributed by atoms with Crippen molar-refractivity contribution in [1.29, 1.82) is 0 Å². The van der Waals surface area contributed by atoms with Crippen LogP contribution in [0.15, 0.2) is 9.59 Å². The van der Waals surface area contributed by atoms with Crippen molar-refractivity contribution in [3.05, 3.63) is 26.4 Å². The van der Waals surface area contributed by atoms with Crippen molar-refractivity contribution in [3.63, 3.8) is 0 Å². The molecule has 2 rings (SSSR count). The molecule has 1 saturated carbocycles. The van der Waals surface area contributed by atoms with Gasteiger partial charge in [0.2, 0.25) is 0 Å². The topological polar surface area (TPSA) is 92.9 Å². The molecule has 1 aliphatic rings. The van der Waals surface area contributed by atoms with Gasteiger partial charge in [0.05, 0.1) is 5.56 Å². The zero-order valence-electron chi connectivity index (χ0n) is 8.54. The van der Waals surface area contributed by atoms with Crippen molar-refractivity contribution in [2.75, 3.05) is 5.43 Å². The third-order valence-electron chi connectivity index (χ3n) is 2.74. The minimum atomic E-state index is -0.451. The van der Waals surface area contributed by atoms with Crippen LogP contribution in [0.4, 0.5) is 5.82 Å². The number of hydrogen-bond donors (Lipinski definition) is 3. The molecule has 0 unspecified atom stereocenters. The normalized spacial score (nSPS) is 15.3. The fourth-order valence-electron chi connectivity index (χ4n) is 1.59. The predicted molar refractivity (Wildman–Crippen MR) is 56.5 cm³/mol. The number of aromatic nitrogens is 2. The lowest BCUT2D eigenvalue weighted by Gasteiger charge is -2.08. The molecule has 0 radical (unpaired) electrons. The predicted octanol–water partition coefficient (Wildman–Crippen LogP) is -0.688. The minimum Gasteiger partial charge on any atom is -0.310 e. The van der Waals surface area contributed by atoms with Crippen LogP contribution in [0.1, 0.15) is 18.4 Å². The summed E-state index contributed by atoms with van der Waals surface area (Å²) in [5, 5.41) is 0. The molecule has 15 heavy (non-hydrogen) atoms. The van der Waals surface area contributed by atoms with Crippen LogP contribution in [0.5, 0.6) is 0 Å². The first-order valence-corrected chi connectivity index (χ1v) is 4.92. The number of hydrogen-bond acceptors (Lipinski definition) is 4. The largest absolute Gasteiger partial charge is 0.329 e.